The van der Waals surface area contributed by atoms with Crippen molar-refractivity contribution in [3.63, 3.8) is 0 Å². The van der Waals surface area contributed by atoms with Crippen molar-refractivity contribution < 1.29 is 28.5 Å². The fraction of sp³-hybridized carbons (Fsp3) is 0.241. The zero-order valence-electron chi connectivity index (χ0n) is 21.2. The molecule has 0 aliphatic carbocycles. The van der Waals surface area contributed by atoms with Crippen LogP contribution in [-0.4, -0.2) is 26.3 Å². The van der Waals surface area contributed by atoms with Crippen molar-refractivity contribution in [3.05, 3.63) is 87.8 Å². The van der Waals surface area contributed by atoms with Gasteiger partial charge in [0.15, 0.2) is 11.5 Å². The van der Waals surface area contributed by atoms with E-state index in [0.717, 1.165) is 12.0 Å². The van der Waals surface area contributed by atoms with Gasteiger partial charge >= 0.3 is 5.97 Å². The van der Waals surface area contributed by atoms with Crippen LogP contribution in [-0.2, 0) is 0 Å². The zero-order chi connectivity index (χ0) is 27.2. The van der Waals surface area contributed by atoms with Crippen LogP contribution in [0.15, 0.2) is 66.1 Å². The minimum atomic E-state index is -0.605. The molecule has 3 aromatic rings. The number of methoxy groups -OCH3 is 1. The standard InChI is InChI=1S/C29H27ClN2O6/c1-4-12-36-24-11-6-17(14-26(24)35-5-2)27-20-9-8-19(15-25(20)38-28(32)21(27)16-31)37-29(33)18-7-10-23(34-3)22(30)13-18/h6-11,13-15,27H,4-5,12,32H2,1-3H3. The molecule has 8 nitrogen and oxygen atoms in total. The smallest absolute Gasteiger partial charge is 0.343 e. The summed E-state index contributed by atoms with van der Waals surface area (Å²) in [7, 11) is 1.49. The van der Waals surface area contributed by atoms with Crippen LogP contribution in [0.1, 0.15) is 47.7 Å². The van der Waals surface area contributed by atoms with Crippen molar-refractivity contribution in [1.82, 2.24) is 0 Å². The molecule has 0 bridgehead atoms. The normalized spacial score (nSPS) is 14.1. The Hall–Kier alpha value is -4.35. The van der Waals surface area contributed by atoms with Gasteiger partial charge < -0.3 is 29.4 Å². The summed E-state index contributed by atoms with van der Waals surface area (Å²) in [6.07, 6.45) is 0.858. The number of rotatable bonds is 9. The summed E-state index contributed by atoms with van der Waals surface area (Å²) in [6, 6.07) is 17.3. The Morgan fingerprint density at radius 2 is 1.84 bits per heavy atom. The van der Waals surface area contributed by atoms with Gasteiger partial charge in [0.2, 0.25) is 5.88 Å². The van der Waals surface area contributed by atoms with Crippen LogP contribution in [0.25, 0.3) is 0 Å². The third kappa shape index (κ3) is 5.48. The van der Waals surface area contributed by atoms with Gasteiger partial charge in [0, 0.05) is 11.6 Å². The number of carbonyl (C=O) groups excluding carboxylic acids is 1. The Morgan fingerprint density at radius 1 is 1.05 bits per heavy atom. The van der Waals surface area contributed by atoms with Gasteiger partial charge in [-0.2, -0.15) is 5.26 Å². The number of benzene rings is 3. The van der Waals surface area contributed by atoms with Gasteiger partial charge in [-0.05, 0) is 55.3 Å². The van der Waals surface area contributed by atoms with Gasteiger partial charge in [0.25, 0.3) is 0 Å². The molecule has 3 aromatic carbocycles. The van der Waals surface area contributed by atoms with Crippen LogP contribution in [0, 0.1) is 11.3 Å². The number of nitriles is 1. The fourth-order valence-corrected chi connectivity index (χ4v) is 4.36. The van der Waals surface area contributed by atoms with Crippen molar-refractivity contribution in [2.24, 2.45) is 5.73 Å². The van der Waals surface area contributed by atoms with E-state index >= 15 is 0 Å². The lowest BCUT2D eigenvalue weighted by Gasteiger charge is -2.27. The maximum Gasteiger partial charge on any atom is 0.343 e. The lowest BCUT2D eigenvalue weighted by Crippen LogP contribution is -2.21. The molecule has 0 fully saturated rings. The molecular formula is C29H27ClN2O6. The minimum Gasteiger partial charge on any atom is -0.495 e. The summed E-state index contributed by atoms with van der Waals surface area (Å²) in [6.45, 7) is 4.92. The molecule has 1 aliphatic rings. The SMILES string of the molecule is CCCOc1ccc(C2C(C#N)=C(N)Oc3cc(OC(=O)c4ccc(OC)c(Cl)c4)ccc32)cc1OCC. The van der Waals surface area contributed by atoms with Crippen LogP contribution in [0.2, 0.25) is 5.02 Å². The summed E-state index contributed by atoms with van der Waals surface area (Å²) in [5, 5.41) is 10.2. The quantitative estimate of drug-likeness (QED) is 0.264. The van der Waals surface area contributed by atoms with Crippen molar-refractivity contribution >= 4 is 17.6 Å². The predicted molar refractivity (Wildman–Crippen MR) is 142 cm³/mol. The van der Waals surface area contributed by atoms with Crippen LogP contribution in [0.5, 0.6) is 28.7 Å². The van der Waals surface area contributed by atoms with Crippen LogP contribution in [0.4, 0.5) is 0 Å². The Labute approximate surface area is 226 Å². The number of nitrogens with zero attached hydrogens (tertiary/aromatic N) is 1. The third-order valence-corrected chi connectivity index (χ3v) is 6.15. The molecule has 1 heterocycles. The maximum atomic E-state index is 12.7. The van der Waals surface area contributed by atoms with E-state index in [4.69, 9.17) is 41.0 Å². The predicted octanol–water partition coefficient (Wildman–Crippen LogP) is 5.97. The Bertz CT molecular complexity index is 1430. The van der Waals surface area contributed by atoms with E-state index in [-0.39, 0.29) is 27.8 Å². The first-order chi connectivity index (χ1) is 18.4. The van der Waals surface area contributed by atoms with Crippen molar-refractivity contribution in [2.45, 2.75) is 26.2 Å². The molecule has 0 saturated heterocycles. The molecular weight excluding hydrogens is 508 g/mol. The molecule has 196 valence electrons. The highest BCUT2D eigenvalue weighted by molar-refractivity contribution is 6.32. The van der Waals surface area contributed by atoms with E-state index in [0.29, 0.717) is 41.8 Å². The van der Waals surface area contributed by atoms with Crippen LogP contribution >= 0.6 is 11.6 Å². The molecule has 1 unspecified atom stereocenters. The molecule has 0 spiro atoms. The Balaban J connectivity index is 1.67. The maximum absolute atomic E-state index is 12.7. The van der Waals surface area contributed by atoms with Gasteiger partial charge in [0.1, 0.15) is 28.9 Å². The first-order valence-electron chi connectivity index (χ1n) is 12.1. The highest BCUT2D eigenvalue weighted by Gasteiger charge is 2.32. The third-order valence-electron chi connectivity index (χ3n) is 5.85. The van der Waals surface area contributed by atoms with Gasteiger partial charge in [-0.15, -0.1) is 0 Å². The molecule has 9 heteroatoms. The summed E-state index contributed by atoms with van der Waals surface area (Å²) in [5.41, 5.74) is 8.14. The van der Waals surface area contributed by atoms with E-state index in [1.807, 2.05) is 32.0 Å². The number of halogens is 1. The number of nitrogens with two attached hydrogens (primary N) is 1. The summed E-state index contributed by atoms with van der Waals surface area (Å²) in [4.78, 5) is 12.7. The van der Waals surface area contributed by atoms with Crippen molar-refractivity contribution in [3.8, 4) is 34.8 Å². The van der Waals surface area contributed by atoms with E-state index < -0.39 is 11.9 Å². The first kappa shape index (κ1) is 26.7. The average molecular weight is 535 g/mol. The second-order valence-electron chi connectivity index (χ2n) is 8.35. The van der Waals surface area contributed by atoms with Gasteiger partial charge in [-0.25, -0.2) is 4.79 Å². The minimum absolute atomic E-state index is 0.0281. The van der Waals surface area contributed by atoms with E-state index in [1.165, 1.54) is 13.2 Å². The van der Waals surface area contributed by atoms with Gasteiger partial charge in [0.05, 0.1) is 36.8 Å². The summed E-state index contributed by atoms with van der Waals surface area (Å²) in [5.74, 6) is 1.11. The van der Waals surface area contributed by atoms with Gasteiger partial charge in [-0.3, -0.25) is 0 Å². The number of carbonyl (C=O) groups is 1. The molecule has 2 N–H and O–H groups in total. The number of ether oxygens (including phenoxy) is 5. The van der Waals surface area contributed by atoms with Crippen molar-refractivity contribution in [1.29, 1.82) is 5.26 Å². The van der Waals surface area contributed by atoms with Crippen LogP contribution < -0.4 is 29.4 Å². The number of hydrogen-bond donors (Lipinski definition) is 1. The molecule has 38 heavy (non-hydrogen) atoms. The van der Waals surface area contributed by atoms with Gasteiger partial charge in [-0.1, -0.05) is 30.7 Å². The highest BCUT2D eigenvalue weighted by Crippen LogP contribution is 2.45. The van der Waals surface area contributed by atoms with E-state index in [9.17, 15) is 10.1 Å². The lowest BCUT2D eigenvalue weighted by atomic mass is 9.83. The van der Waals surface area contributed by atoms with E-state index in [2.05, 4.69) is 6.07 Å². The Morgan fingerprint density at radius 3 is 2.53 bits per heavy atom. The Kier molecular flexibility index (Phi) is 8.29. The number of hydrogen-bond acceptors (Lipinski definition) is 8. The zero-order valence-corrected chi connectivity index (χ0v) is 22.0. The topological polar surface area (TPSA) is 113 Å². The second-order valence-corrected chi connectivity index (χ2v) is 8.76. The monoisotopic (exact) mass is 534 g/mol. The summed E-state index contributed by atoms with van der Waals surface area (Å²) >= 11 is 6.14. The molecule has 0 saturated carbocycles. The first-order valence-corrected chi connectivity index (χ1v) is 12.4. The van der Waals surface area contributed by atoms with Crippen LogP contribution in [0.3, 0.4) is 0 Å². The molecule has 0 radical (unpaired) electrons. The fourth-order valence-electron chi connectivity index (χ4n) is 4.11. The average Bonchev–Trinajstić information content (AvgIpc) is 2.91. The molecule has 0 amide bonds. The summed E-state index contributed by atoms with van der Waals surface area (Å²) < 4.78 is 28.1. The van der Waals surface area contributed by atoms with E-state index in [1.54, 1.807) is 30.3 Å². The van der Waals surface area contributed by atoms with Crippen molar-refractivity contribution in [2.75, 3.05) is 20.3 Å². The number of fused-ring (bicyclic) bond motifs is 1. The molecule has 0 aromatic heterocycles. The number of esters is 1. The lowest BCUT2D eigenvalue weighted by molar-refractivity contribution is 0.0734. The highest BCUT2D eigenvalue weighted by atomic mass is 35.5. The second kappa shape index (κ2) is 11.8. The molecule has 4 rings (SSSR count). The molecule has 1 atom stereocenters. The largest absolute Gasteiger partial charge is 0.495 e. The molecule has 1 aliphatic heterocycles. The number of allylic oxidation sites excluding steroid dienone is 1.